The van der Waals surface area contributed by atoms with Gasteiger partial charge in [-0.2, -0.15) is 0 Å². The standard InChI is InChI=1S/C10H17N3O8.Ca.2Na/c11-6(13(4-9(18)19)5-10(20)21)1-12(2-7(14)15)3-8(16)17;;;/h6H,1-5,11H2,(H,14,15)(H,16,17)(H,18,19)(H,20,21);;;/q;+2;2*+1/p-4. The average molecular weight is 389 g/mol. The molecule has 0 amide bonds. The molecule has 0 aliphatic rings. The topological polar surface area (TPSA) is 193 Å². The van der Waals surface area contributed by atoms with Crippen LogP contribution in [0.25, 0.3) is 0 Å². The Balaban J connectivity index is -0.000000667. The van der Waals surface area contributed by atoms with Crippen molar-refractivity contribution in [1.82, 2.24) is 9.80 Å². The summed E-state index contributed by atoms with van der Waals surface area (Å²) in [6, 6.07) is 0. The number of carbonyl (C=O) groups excluding carboxylic acids is 4. The van der Waals surface area contributed by atoms with E-state index in [1.807, 2.05) is 0 Å². The molecule has 24 heavy (non-hydrogen) atoms. The van der Waals surface area contributed by atoms with Gasteiger partial charge in [-0.25, -0.2) is 0 Å². The minimum absolute atomic E-state index is 0. The van der Waals surface area contributed by atoms with Crippen molar-refractivity contribution in [2.24, 2.45) is 5.73 Å². The van der Waals surface area contributed by atoms with Crippen LogP contribution in [0.4, 0.5) is 0 Å². The molecule has 0 heterocycles. The summed E-state index contributed by atoms with van der Waals surface area (Å²) in [4.78, 5) is 43.4. The van der Waals surface area contributed by atoms with E-state index in [4.69, 9.17) is 5.73 Å². The van der Waals surface area contributed by atoms with Crippen molar-refractivity contribution in [3.63, 3.8) is 0 Å². The maximum Gasteiger partial charge on any atom is 2.00 e. The molecule has 0 aliphatic heterocycles. The summed E-state index contributed by atoms with van der Waals surface area (Å²) in [5, 5.41) is 41.9. The van der Waals surface area contributed by atoms with Crippen molar-refractivity contribution >= 4 is 61.6 Å². The third-order valence-electron chi connectivity index (χ3n) is 2.28. The van der Waals surface area contributed by atoms with E-state index in [-0.39, 0.29) is 96.9 Å². The van der Waals surface area contributed by atoms with Gasteiger partial charge in [0.25, 0.3) is 0 Å². The number of carboxylic acid groups (broad SMARTS) is 4. The smallest absolute Gasteiger partial charge is 0.549 e. The van der Waals surface area contributed by atoms with Crippen molar-refractivity contribution in [3.8, 4) is 0 Å². The molecule has 0 aromatic rings. The molecule has 11 nitrogen and oxygen atoms in total. The summed E-state index contributed by atoms with van der Waals surface area (Å²) >= 11 is 0. The Labute approximate surface area is 212 Å². The van der Waals surface area contributed by atoms with Crippen molar-refractivity contribution in [1.29, 1.82) is 0 Å². The molecule has 0 fully saturated rings. The predicted octanol–water partition coefficient (Wildman–Crippen LogP) is -14.5. The molecular formula is C10H13CaN3Na2O8. The van der Waals surface area contributed by atoms with Crippen LogP contribution >= 0.6 is 0 Å². The van der Waals surface area contributed by atoms with Gasteiger partial charge in [0.15, 0.2) is 0 Å². The Kier molecular flexibility index (Phi) is 23.7. The fourth-order valence-corrected chi connectivity index (χ4v) is 1.55. The maximum absolute atomic E-state index is 10.5. The van der Waals surface area contributed by atoms with Crippen LogP contribution < -0.4 is 85.3 Å². The van der Waals surface area contributed by atoms with E-state index in [0.29, 0.717) is 0 Å². The molecule has 0 saturated carbocycles. The van der Waals surface area contributed by atoms with Gasteiger partial charge < -0.3 is 45.3 Å². The molecule has 1 atom stereocenters. The van der Waals surface area contributed by atoms with Crippen LogP contribution in [0.5, 0.6) is 0 Å². The number of aliphatic carboxylic acids is 4. The number of nitrogens with zero attached hydrogens (tertiary/aromatic N) is 2. The molecular weight excluding hydrogens is 376 g/mol. The van der Waals surface area contributed by atoms with Gasteiger partial charge in [-0.15, -0.1) is 0 Å². The van der Waals surface area contributed by atoms with E-state index >= 15 is 0 Å². The molecule has 0 aromatic carbocycles. The first kappa shape index (κ1) is 32.7. The minimum Gasteiger partial charge on any atom is -0.549 e. The van der Waals surface area contributed by atoms with Gasteiger partial charge in [-0.1, -0.05) is 0 Å². The molecule has 0 saturated heterocycles. The van der Waals surface area contributed by atoms with Crippen LogP contribution in [0.3, 0.4) is 0 Å². The summed E-state index contributed by atoms with van der Waals surface area (Å²) in [6.07, 6.45) is -1.28. The number of rotatable bonds is 11. The quantitative estimate of drug-likeness (QED) is 0.260. The van der Waals surface area contributed by atoms with Gasteiger partial charge >= 0.3 is 96.9 Å². The van der Waals surface area contributed by atoms with E-state index < -0.39 is 62.8 Å². The Morgan fingerprint density at radius 1 is 0.750 bits per heavy atom. The summed E-state index contributed by atoms with van der Waals surface area (Å²) in [6.45, 7) is -3.74. The summed E-state index contributed by atoms with van der Waals surface area (Å²) < 4.78 is 0. The Hall–Kier alpha value is 1.02. The second kappa shape index (κ2) is 17.4. The van der Waals surface area contributed by atoms with Crippen LogP contribution in [0.2, 0.25) is 0 Å². The summed E-state index contributed by atoms with van der Waals surface area (Å²) in [5.41, 5.74) is 5.54. The zero-order chi connectivity index (χ0) is 16.6. The van der Waals surface area contributed by atoms with Crippen LogP contribution in [-0.4, -0.2) is 110 Å². The molecule has 0 radical (unpaired) electrons. The number of hydrogen-bond donors (Lipinski definition) is 1. The largest absolute Gasteiger partial charge is 2.00 e. The van der Waals surface area contributed by atoms with E-state index in [1.54, 1.807) is 0 Å². The van der Waals surface area contributed by atoms with E-state index in [9.17, 15) is 39.6 Å². The first-order valence-corrected chi connectivity index (χ1v) is 5.63. The molecule has 2 N–H and O–H groups in total. The average Bonchev–Trinajstić information content (AvgIpc) is 2.24. The van der Waals surface area contributed by atoms with Crippen LogP contribution in [0.15, 0.2) is 0 Å². The zero-order valence-corrected chi connectivity index (χ0v) is 19.8. The Bertz CT molecular complexity index is 397. The molecule has 0 rings (SSSR count). The summed E-state index contributed by atoms with van der Waals surface area (Å²) in [7, 11) is 0. The number of carboxylic acids is 4. The molecule has 0 spiro atoms. The monoisotopic (exact) mass is 389 g/mol. The first-order valence-electron chi connectivity index (χ1n) is 5.63. The van der Waals surface area contributed by atoms with Crippen LogP contribution in [0, 0.1) is 0 Å². The van der Waals surface area contributed by atoms with Crippen molar-refractivity contribution < 1.29 is 98.7 Å². The van der Waals surface area contributed by atoms with Crippen LogP contribution in [-0.2, 0) is 19.2 Å². The first-order chi connectivity index (χ1) is 9.61. The minimum atomic E-state index is -1.61. The zero-order valence-electron chi connectivity index (χ0n) is 13.6. The Morgan fingerprint density at radius 3 is 1.29 bits per heavy atom. The summed E-state index contributed by atoms with van der Waals surface area (Å²) in [5.74, 6) is -6.40. The number of hydrogen-bond acceptors (Lipinski definition) is 11. The third kappa shape index (κ3) is 17.8. The fourth-order valence-electron chi connectivity index (χ4n) is 1.55. The maximum atomic E-state index is 10.5. The Morgan fingerprint density at radius 2 is 1.04 bits per heavy atom. The van der Waals surface area contributed by atoms with E-state index in [2.05, 4.69) is 0 Å². The molecule has 0 aliphatic carbocycles. The van der Waals surface area contributed by atoms with Crippen molar-refractivity contribution in [3.05, 3.63) is 0 Å². The third-order valence-corrected chi connectivity index (χ3v) is 2.28. The molecule has 0 aromatic heterocycles. The van der Waals surface area contributed by atoms with E-state index in [0.717, 1.165) is 9.80 Å². The second-order valence-electron chi connectivity index (χ2n) is 4.13. The van der Waals surface area contributed by atoms with Gasteiger partial charge in [0, 0.05) is 32.7 Å². The second-order valence-corrected chi connectivity index (χ2v) is 4.13. The van der Waals surface area contributed by atoms with Gasteiger partial charge in [-0.3, -0.25) is 9.80 Å². The molecule has 1 unspecified atom stereocenters. The van der Waals surface area contributed by atoms with Gasteiger partial charge in [0.1, 0.15) is 0 Å². The predicted molar refractivity (Wildman–Crippen MR) is 61.8 cm³/mol. The van der Waals surface area contributed by atoms with E-state index in [1.165, 1.54) is 0 Å². The number of carbonyl (C=O) groups is 4. The SMILES string of the molecule is NC(CN(CC(=O)[O-])CC(=O)[O-])N(CC(=O)[O-])CC(=O)[O-].[Ca+2].[Na+].[Na+]. The molecule has 14 heteroatoms. The fraction of sp³-hybridized carbons (Fsp3) is 0.600. The van der Waals surface area contributed by atoms with Crippen molar-refractivity contribution in [2.45, 2.75) is 6.17 Å². The number of nitrogens with two attached hydrogens (primary N) is 1. The normalized spacial score (nSPS) is 10.8. The van der Waals surface area contributed by atoms with Gasteiger partial charge in [-0.05, 0) is 0 Å². The molecule has 120 valence electrons. The molecule has 0 bridgehead atoms. The van der Waals surface area contributed by atoms with Gasteiger partial charge in [0.2, 0.25) is 0 Å². The van der Waals surface area contributed by atoms with Crippen LogP contribution in [0.1, 0.15) is 0 Å². The van der Waals surface area contributed by atoms with Crippen molar-refractivity contribution in [2.75, 3.05) is 32.7 Å². The van der Waals surface area contributed by atoms with Gasteiger partial charge in [0.05, 0.1) is 30.0 Å².